The van der Waals surface area contributed by atoms with Crippen molar-refractivity contribution in [1.29, 1.82) is 0 Å². The molecule has 1 aliphatic heterocycles. The van der Waals surface area contributed by atoms with Crippen LogP contribution in [0.25, 0.3) is 0 Å². The first kappa shape index (κ1) is 11.7. The van der Waals surface area contributed by atoms with Gasteiger partial charge in [-0.3, -0.25) is 4.79 Å². The van der Waals surface area contributed by atoms with Crippen molar-refractivity contribution in [2.45, 2.75) is 39.7 Å². The lowest BCUT2D eigenvalue weighted by atomic mass is 9.81. The van der Waals surface area contributed by atoms with Gasteiger partial charge in [0.1, 0.15) is 5.78 Å². The second-order valence-corrected chi connectivity index (χ2v) is 5.23. The van der Waals surface area contributed by atoms with Crippen LogP contribution < -0.4 is 5.32 Å². The van der Waals surface area contributed by atoms with E-state index in [0.29, 0.717) is 18.6 Å². The van der Waals surface area contributed by atoms with Crippen LogP contribution in [0.5, 0.6) is 0 Å². The van der Waals surface area contributed by atoms with Crippen LogP contribution in [0.2, 0.25) is 0 Å². The van der Waals surface area contributed by atoms with Gasteiger partial charge in [-0.05, 0) is 11.8 Å². The van der Waals surface area contributed by atoms with E-state index in [9.17, 15) is 9.90 Å². The maximum absolute atomic E-state index is 11.5. The predicted octanol–water partition coefficient (Wildman–Crippen LogP) is 0.962. The molecule has 1 rings (SSSR count). The Morgan fingerprint density at radius 1 is 1.57 bits per heavy atom. The molecule has 2 N–H and O–H groups in total. The highest BCUT2D eigenvalue weighted by molar-refractivity contribution is 5.82. The molecule has 3 heteroatoms. The molecule has 0 saturated carbocycles. The number of hydrogen-bond acceptors (Lipinski definition) is 3. The lowest BCUT2D eigenvalue weighted by molar-refractivity contribution is -0.125. The topological polar surface area (TPSA) is 49.3 Å². The van der Waals surface area contributed by atoms with Crippen LogP contribution in [-0.4, -0.2) is 30.1 Å². The number of aliphatic hydroxyl groups excluding tert-OH is 1. The standard InChI is InChI=1S/C11H21NO2/c1-11(2,3)10(14)6-8-7-12-5-4-9(8)13/h8,10,12,14H,4-7H2,1-3H3. The molecular weight excluding hydrogens is 178 g/mol. The molecule has 1 aliphatic rings. The normalized spacial score (nSPS) is 26.3. The van der Waals surface area contributed by atoms with Crippen LogP contribution in [0, 0.1) is 11.3 Å². The Morgan fingerprint density at radius 2 is 2.21 bits per heavy atom. The van der Waals surface area contributed by atoms with E-state index in [-0.39, 0.29) is 11.3 Å². The molecule has 0 aromatic rings. The number of piperidine rings is 1. The van der Waals surface area contributed by atoms with Crippen LogP contribution in [0.4, 0.5) is 0 Å². The zero-order valence-electron chi connectivity index (χ0n) is 9.34. The monoisotopic (exact) mass is 199 g/mol. The summed E-state index contributed by atoms with van der Waals surface area (Å²) < 4.78 is 0. The highest BCUT2D eigenvalue weighted by Gasteiger charge is 2.29. The molecule has 0 bridgehead atoms. The molecular formula is C11H21NO2. The van der Waals surface area contributed by atoms with Crippen molar-refractivity contribution in [3.63, 3.8) is 0 Å². The fourth-order valence-electron chi connectivity index (χ4n) is 1.64. The summed E-state index contributed by atoms with van der Waals surface area (Å²) in [6.07, 6.45) is 0.813. The summed E-state index contributed by atoms with van der Waals surface area (Å²) in [6.45, 7) is 7.52. The first-order valence-electron chi connectivity index (χ1n) is 5.33. The Balaban J connectivity index is 2.46. The molecule has 1 saturated heterocycles. The molecule has 14 heavy (non-hydrogen) atoms. The molecule has 1 heterocycles. The molecule has 0 aromatic heterocycles. The largest absolute Gasteiger partial charge is 0.393 e. The Kier molecular flexibility index (Phi) is 3.67. The number of Topliss-reactive ketones (excluding diaryl/α,β-unsaturated/α-hetero) is 1. The maximum atomic E-state index is 11.5. The van der Waals surface area contributed by atoms with Crippen molar-refractivity contribution in [3.05, 3.63) is 0 Å². The predicted molar refractivity (Wildman–Crippen MR) is 56.1 cm³/mol. The zero-order chi connectivity index (χ0) is 10.8. The fraction of sp³-hybridized carbons (Fsp3) is 0.909. The smallest absolute Gasteiger partial charge is 0.138 e. The lowest BCUT2D eigenvalue weighted by Crippen LogP contribution is -2.40. The highest BCUT2D eigenvalue weighted by Crippen LogP contribution is 2.25. The van der Waals surface area contributed by atoms with Gasteiger partial charge < -0.3 is 10.4 Å². The van der Waals surface area contributed by atoms with Crippen molar-refractivity contribution in [2.24, 2.45) is 11.3 Å². The third-order valence-corrected chi connectivity index (χ3v) is 2.90. The minimum absolute atomic E-state index is 0.0120. The van der Waals surface area contributed by atoms with Gasteiger partial charge in [-0.15, -0.1) is 0 Å². The molecule has 2 unspecified atom stereocenters. The summed E-state index contributed by atoms with van der Waals surface area (Å²) in [5, 5.41) is 13.1. The van der Waals surface area contributed by atoms with Crippen molar-refractivity contribution in [1.82, 2.24) is 5.32 Å². The molecule has 2 atom stereocenters. The van der Waals surface area contributed by atoms with Crippen LogP contribution >= 0.6 is 0 Å². The van der Waals surface area contributed by atoms with E-state index in [1.165, 1.54) is 0 Å². The van der Waals surface area contributed by atoms with Crippen LogP contribution in [0.1, 0.15) is 33.6 Å². The maximum Gasteiger partial charge on any atom is 0.138 e. The van der Waals surface area contributed by atoms with E-state index in [4.69, 9.17) is 0 Å². The van der Waals surface area contributed by atoms with Crippen LogP contribution in [0.15, 0.2) is 0 Å². The van der Waals surface area contributed by atoms with Gasteiger partial charge in [-0.25, -0.2) is 0 Å². The van der Waals surface area contributed by atoms with E-state index in [1.54, 1.807) is 0 Å². The summed E-state index contributed by atoms with van der Waals surface area (Å²) in [4.78, 5) is 11.5. The van der Waals surface area contributed by atoms with Gasteiger partial charge in [-0.2, -0.15) is 0 Å². The van der Waals surface area contributed by atoms with Crippen molar-refractivity contribution in [3.8, 4) is 0 Å². The Labute approximate surface area is 85.9 Å². The van der Waals surface area contributed by atoms with Crippen LogP contribution in [-0.2, 0) is 4.79 Å². The number of rotatable bonds is 2. The summed E-state index contributed by atoms with van der Waals surface area (Å²) in [5.74, 6) is 0.310. The highest BCUT2D eigenvalue weighted by atomic mass is 16.3. The van der Waals surface area contributed by atoms with Gasteiger partial charge in [0.25, 0.3) is 0 Å². The summed E-state index contributed by atoms with van der Waals surface area (Å²) in [6, 6.07) is 0. The van der Waals surface area contributed by atoms with Gasteiger partial charge in [0.15, 0.2) is 0 Å². The molecule has 3 nitrogen and oxygen atoms in total. The molecule has 0 amide bonds. The second kappa shape index (κ2) is 4.41. The minimum Gasteiger partial charge on any atom is -0.393 e. The molecule has 82 valence electrons. The number of carbonyl (C=O) groups is 1. The summed E-state index contributed by atoms with van der Waals surface area (Å²) in [5.41, 5.74) is -0.127. The Morgan fingerprint density at radius 3 is 2.71 bits per heavy atom. The minimum atomic E-state index is -0.392. The van der Waals surface area contributed by atoms with E-state index in [2.05, 4.69) is 5.32 Å². The number of hydrogen-bond donors (Lipinski definition) is 2. The van der Waals surface area contributed by atoms with E-state index in [1.807, 2.05) is 20.8 Å². The third kappa shape index (κ3) is 3.07. The Hall–Kier alpha value is -0.410. The van der Waals surface area contributed by atoms with Gasteiger partial charge in [-0.1, -0.05) is 20.8 Å². The molecule has 0 aliphatic carbocycles. The van der Waals surface area contributed by atoms with Gasteiger partial charge in [0.2, 0.25) is 0 Å². The average molecular weight is 199 g/mol. The average Bonchev–Trinajstić information content (AvgIpc) is 2.07. The Bertz CT molecular complexity index is 208. The van der Waals surface area contributed by atoms with Crippen molar-refractivity contribution >= 4 is 5.78 Å². The first-order valence-corrected chi connectivity index (χ1v) is 5.33. The van der Waals surface area contributed by atoms with Crippen molar-refractivity contribution < 1.29 is 9.90 Å². The number of ketones is 1. The number of carbonyl (C=O) groups excluding carboxylic acids is 1. The van der Waals surface area contributed by atoms with E-state index in [0.717, 1.165) is 13.1 Å². The van der Waals surface area contributed by atoms with E-state index < -0.39 is 6.10 Å². The van der Waals surface area contributed by atoms with Gasteiger partial charge in [0, 0.05) is 25.4 Å². The quantitative estimate of drug-likeness (QED) is 0.696. The fourth-order valence-corrected chi connectivity index (χ4v) is 1.64. The van der Waals surface area contributed by atoms with Crippen molar-refractivity contribution in [2.75, 3.05) is 13.1 Å². The number of nitrogens with one attached hydrogen (secondary N) is 1. The van der Waals surface area contributed by atoms with Gasteiger partial charge >= 0.3 is 0 Å². The third-order valence-electron chi connectivity index (χ3n) is 2.90. The molecule has 0 spiro atoms. The molecule has 1 fully saturated rings. The van der Waals surface area contributed by atoms with Crippen LogP contribution in [0.3, 0.4) is 0 Å². The first-order chi connectivity index (χ1) is 6.41. The van der Waals surface area contributed by atoms with E-state index >= 15 is 0 Å². The second-order valence-electron chi connectivity index (χ2n) is 5.23. The summed E-state index contributed by atoms with van der Waals surface area (Å²) >= 11 is 0. The summed E-state index contributed by atoms with van der Waals surface area (Å²) in [7, 11) is 0. The SMILES string of the molecule is CC(C)(C)C(O)CC1CNCCC1=O. The number of aliphatic hydroxyl groups is 1. The molecule has 0 aromatic carbocycles. The lowest BCUT2D eigenvalue weighted by Gasteiger charge is -2.30. The zero-order valence-corrected chi connectivity index (χ0v) is 9.34. The van der Waals surface area contributed by atoms with Gasteiger partial charge in [0.05, 0.1) is 6.10 Å². The molecule has 0 radical (unpaired) electrons.